The average Bonchev–Trinajstić information content (AvgIpc) is 2.25. The highest BCUT2D eigenvalue weighted by Crippen LogP contribution is 2.11. The summed E-state index contributed by atoms with van der Waals surface area (Å²) in [5.74, 6) is -0.775. The molecule has 1 unspecified atom stereocenters. The van der Waals surface area contributed by atoms with Crippen LogP contribution in [0.1, 0.15) is 40.0 Å². The summed E-state index contributed by atoms with van der Waals surface area (Å²) in [7, 11) is 1.71. The molecule has 0 fully saturated rings. The Bertz CT molecular complexity index is 203. The van der Waals surface area contributed by atoms with Gasteiger partial charge in [0, 0.05) is 6.54 Å². The summed E-state index contributed by atoms with van der Waals surface area (Å²) in [6, 6.07) is 0. The zero-order chi connectivity index (χ0) is 12.6. The van der Waals surface area contributed by atoms with Crippen molar-refractivity contribution in [2.75, 3.05) is 26.7 Å². The van der Waals surface area contributed by atoms with Crippen LogP contribution in [0.4, 0.5) is 0 Å². The summed E-state index contributed by atoms with van der Waals surface area (Å²) < 4.78 is 0. The molecule has 2 N–H and O–H groups in total. The van der Waals surface area contributed by atoms with Crippen LogP contribution in [0.15, 0.2) is 0 Å². The molecule has 0 saturated carbocycles. The van der Waals surface area contributed by atoms with Gasteiger partial charge >= 0.3 is 5.97 Å². The Morgan fingerprint density at radius 1 is 1.25 bits per heavy atom. The molecule has 0 aromatic carbocycles. The Hall–Kier alpha value is -0.610. The van der Waals surface area contributed by atoms with E-state index >= 15 is 0 Å². The lowest BCUT2D eigenvalue weighted by molar-refractivity contribution is -0.144. The average molecular weight is 230 g/mol. The van der Waals surface area contributed by atoms with Gasteiger partial charge in [-0.15, -0.1) is 0 Å². The zero-order valence-corrected chi connectivity index (χ0v) is 11.0. The van der Waals surface area contributed by atoms with Crippen LogP contribution in [0.3, 0.4) is 0 Å². The monoisotopic (exact) mass is 230 g/mol. The Balaban J connectivity index is 4.20. The number of likely N-dealkylation sites (N-methyl/N-ethyl adjacent to an activating group) is 1. The number of hydrogen-bond acceptors (Lipinski definition) is 3. The highest BCUT2D eigenvalue weighted by molar-refractivity contribution is 5.78. The van der Waals surface area contributed by atoms with Gasteiger partial charge in [-0.25, -0.2) is 0 Å². The van der Waals surface area contributed by atoms with Crippen LogP contribution in [0.2, 0.25) is 0 Å². The molecule has 4 nitrogen and oxygen atoms in total. The SMILES string of the molecule is CCCN(CCC)CCC(C)(NC)C(=O)O. The van der Waals surface area contributed by atoms with E-state index in [-0.39, 0.29) is 0 Å². The molecular formula is C12H26N2O2. The maximum absolute atomic E-state index is 11.1. The normalized spacial score (nSPS) is 15.1. The Morgan fingerprint density at radius 3 is 2.06 bits per heavy atom. The molecule has 0 heterocycles. The minimum Gasteiger partial charge on any atom is -0.480 e. The number of hydrogen-bond donors (Lipinski definition) is 2. The van der Waals surface area contributed by atoms with Gasteiger partial charge in [0.1, 0.15) is 5.54 Å². The topological polar surface area (TPSA) is 52.6 Å². The molecule has 0 aromatic heterocycles. The maximum Gasteiger partial charge on any atom is 0.323 e. The van der Waals surface area contributed by atoms with Gasteiger partial charge in [0.05, 0.1) is 0 Å². The fourth-order valence-electron chi connectivity index (χ4n) is 1.69. The van der Waals surface area contributed by atoms with Crippen molar-refractivity contribution in [2.45, 2.75) is 45.6 Å². The van der Waals surface area contributed by atoms with Crippen molar-refractivity contribution < 1.29 is 9.90 Å². The number of carboxylic acids is 1. The van der Waals surface area contributed by atoms with Crippen molar-refractivity contribution in [1.29, 1.82) is 0 Å². The van der Waals surface area contributed by atoms with Crippen LogP contribution in [-0.4, -0.2) is 48.2 Å². The molecule has 0 saturated heterocycles. The van der Waals surface area contributed by atoms with Crippen LogP contribution < -0.4 is 5.32 Å². The highest BCUT2D eigenvalue weighted by atomic mass is 16.4. The number of carbonyl (C=O) groups is 1. The van der Waals surface area contributed by atoms with E-state index in [2.05, 4.69) is 24.1 Å². The molecule has 0 amide bonds. The van der Waals surface area contributed by atoms with Crippen molar-refractivity contribution in [1.82, 2.24) is 10.2 Å². The minimum absolute atomic E-state index is 0.638. The summed E-state index contributed by atoms with van der Waals surface area (Å²) in [6.07, 6.45) is 2.87. The van der Waals surface area contributed by atoms with Crippen LogP contribution in [0.25, 0.3) is 0 Å². The van der Waals surface area contributed by atoms with Gasteiger partial charge in [-0.1, -0.05) is 13.8 Å². The van der Waals surface area contributed by atoms with Gasteiger partial charge in [-0.2, -0.15) is 0 Å². The second-order valence-electron chi connectivity index (χ2n) is 4.48. The van der Waals surface area contributed by atoms with Gasteiger partial charge in [-0.3, -0.25) is 4.79 Å². The molecule has 0 aliphatic rings. The summed E-state index contributed by atoms with van der Waals surface area (Å²) in [6.45, 7) is 8.98. The van der Waals surface area contributed by atoms with Gasteiger partial charge in [-0.05, 0) is 46.3 Å². The van der Waals surface area contributed by atoms with E-state index in [0.717, 1.165) is 32.5 Å². The third-order valence-corrected chi connectivity index (χ3v) is 3.03. The number of aliphatic carboxylic acids is 1. The molecule has 0 aliphatic carbocycles. The predicted octanol–water partition coefficient (Wildman–Crippen LogP) is 1.56. The quantitative estimate of drug-likeness (QED) is 0.631. The van der Waals surface area contributed by atoms with Crippen molar-refractivity contribution in [3.63, 3.8) is 0 Å². The summed E-state index contributed by atoms with van der Waals surface area (Å²) >= 11 is 0. The summed E-state index contributed by atoms with van der Waals surface area (Å²) in [5.41, 5.74) is -0.806. The Labute approximate surface area is 99.0 Å². The summed E-state index contributed by atoms with van der Waals surface area (Å²) in [4.78, 5) is 13.4. The van der Waals surface area contributed by atoms with E-state index < -0.39 is 11.5 Å². The second kappa shape index (κ2) is 7.63. The first-order valence-corrected chi connectivity index (χ1v) is 6.14. The summed E-state index contributed by atoms with van der Waals surface area (Å²) in [5, 5.41) is 12.0. The third kappa shape index (κ3) is 4.94. The van der Waals surface area contributed by atoms with Crippen molar-refractivity contribution in [2.24, 2.45) is 0 Å². The van der Waals surface area contributed by atoms with Gasteiger partial charge in [0.25, 0.3) is 0 Å². The lowest BCUT2D eigenvalue weighted by atomic mass is 9.98. The molecule has 16 heavy (non-hydrogen) atoms. The lowest BCUT2D eigenvalue weighted by Gasteiger charge is -2.28. The molecule has 0 radical (unpaired) electrons. The van der Waals surface area contributed by atoms with Crippen LogP contribution in [0, 0.1) is 0 Å². The van der Waals surface area contributed by atoms with E-state index in [0.29, 0.717) is 6.42 Å². The second-order valence-corrected chi connectivity index (χ2v) is 4.48. The minimum atomic E-state index is -0.806. The maximum atomic E-state index is 11.1. The molecular weight excluding hydrogens is 204 g/mol. The van der Waals surface area contributed by atoms with Crippen molar-refractivity contribution in [3.8, 4) is 0 Å². The smallest absolute Gasteiger partial charge is 0.323 e. The number of nitrogens with zero attached hydrogens (tertiary/aromatic N) is 1. The lowest BCUT2D eigenvalue weighted by Crippen LogP contribution is -2.49. The largest absolute Gasteiger partial charge is 0.480 e. The molecule has 96 valence electrons. The van der Waals surface area contributed by atoms with E-state index in [4.69, 9.17) is 5.11 Å². The van der Waals surface area contributed by atoms with E-state index in [9.17, 15) is 4.79 Å². The third-order valence-electron chi connectivity index (χ3n) is 3.03. The van der Waals surface area contributed by atoms with Gasteiger partial charge in [0.2, 0.25) is 0 Å². The molecule has 0 bridgehead atoms. The van der Waals surface area contributed by atoms with Crippen molar-refractivity contribution in [3.05, 3.63) is 0 Å². The standard InChI is InChI=1S/C12H26N2O2/c1-5-8-14(9-6-2)10-7-12(3,13-4)11(15)16/h13H,5-10H2,1-4H3,(H,15,16). The van der Waals surface area contributed by atoms with Crippen molar-refractivity contribution >= 4 is 5.97 Å². The predicted molar refractivity (Wildman–Crippen MR) is 66.7 cm³/mol. The first-order valence-electron chi connectivity index (χ1n) is 6.14. The van der Waals surface area contributed by atoms with E-state index in [1.165, 1.54) is 0 Å². The molecule has 1 atom stereocenters. The van der Waals surface area contributed by atoms with E-state index in [1.54, 1.807) is 14.0 Å². The van der Waals surface area contributed by atoms with Crippen LogP contribution >= 0.6 is 0 Å². The highest BCUT2D eigenvalue weighted by Gasteiger charge is 2.30. The Kier molecular flexibility index (Phi) is 7.34. The zero-order valence-electron chi connectivity index (χ0n) is 11.0. The molecule has 0 spiro atoms. The van der Waals surface area contributed by atoms with Gasteiger partial charge in [0.15, 0.2) is 0 Å². The molecule has 4 heteroatoms. The fourth-order valence-corrected chi connectivity index (χ4v) is 1.69. The number of nitrogens with one attached hydrogen (secondary N) is 1. The van der Waals surface area contributed by atoms with Crippen LogP contribution in [0.5, 0.6) is 0 Å². The van der Waals surface area contributed by atoms with E-state index in [1.807, 2.05) is 0 Å². The fraction of sp³-hybridized carbons (Fsp3) is 0.917. The number of rotatable bonds is 9. The molecule has 0 aromatic rings. The van der Waals surface area contributed by atoms with Gasteiger partial charge < -0.3 is 15.3 Å². The Morgan fingerprint density at radius 2 is 1.75 bits per heavy atom. The molecule has 0 rings (SSSR count). The number of carboxylic acid groups (broad SMARTS) is 1. The van der Waals surface area contributed by atoms with Crippen LogP contribution in [-0.2, 0) is 4.79 Å². The first kappa shape index (κ1) is 15.4. The molecule has 0 aliphatic heterocycles. The first-order chi connectivity index (χ1) is 7.50.